The molecule has 1 aromatic heterocycles. The quantitative estimate of drug-likeness (QED) is 0.682. The summed E-state index contributed by atoms with van der Waals surface area (Å²) in [4.78, 5) is 2.84. The molecule has 0 radical (unpaired) electrons. The molecule has 15 heavy (non-hydrogen) atoms. The van der Waals surface area contributed by atoms with Crippen molar-refractivity contribution in [2.45, 2.75) is 19.5 Å². The summed E-state index contributed by atoms with van der Waals surface area (Å²) < 4.78 is 61.2. The van der Waals surface area contributed by atoms with Crippen molar-refractivity contribution < 1.29 is 22.0 Å². The topological polar surface area (TPSA) is 12.9 Å². The standard InChI is InChI=1S/C8H5ClF5N/c1-3-4(9)2-5(7(10)11)15-6(3)8(12,13)14/h2,7H,1H3. The predicted octanol–water partition coefficient (Wildman–Crippen LogP) is 4.00. The van der Waals surface area contributed by atoms with Gasteiger partial charge in [0.25, 0.3) is 6.43 Å². The molecule has 0 amide bonds. The second-order valence-electron chi connectivity index (χ2n) is 2.80. The Morgan fingerprint density at radius 3 is 2.27 bits per heavy atom. The van der Waals surface area contributed by atoms with E-state index in [-0.39, 0.29) is 10.6 Å². The zero-order valence-corrected chi connectivity index (χ0v) is 8.13. The van der Waals surface area contributed by atoms with Crippen molar-refractivity contribution in [3.63, 3.8) is 0 Å². The average molecular weight is 246 g/mol. The van der Waals surface area contributed by atoms with Crippen LogP contribution in [-0.4, -0.2) is 4.98 Å². The van der Waals surface area contributed by atoms with Crippen molar-refractivity contribution in [1.29, 1.82) is 0 Å². The van der Waals surface area contributed by atoms with E-state index in [1.54, 1.807) is 0 Å². The van der Waals surface area contributed by atoms with Gasteiger partial charge in [0.15, 0.2) is 0 Å². The molecule has 0 spiro atoms. The summed E-state index contributed by atoms with van der Waals surface area (Å²) in [6.45, 7) is 1.08. The Morgan fingerprint density at radius 1 is 1.33 bits per heavy atom. The molecule has 0 aliphatic heterocycles. The zero-order valence-electron chi connectivity index (χ0n) is 7.37. The normalized spacial score (nSPS) is 12.3. The Labute approximate surface area is 86.9 Å². The summed E-state index contributed by atoms with van der Waals surface area (Å²) >= 11 is 5.40. The largest absolute Gasteiger partial charge is 0.433 e. The van der Waals surface area contributed by atoms with Gasteiger partial charge in [-0.2, -0.15) is 13.2 Å². The predicted molar refractivity (Wildman–Crippen MR) is 43.9 cm³/mol. The Bertz CT molecular complexity index is 374. The van der Waals surface area contributed by atoms with Crippen LogP contribution in [0.15, 0.2) is 6.07 Å². The molecule has 84 valence electrons. The van der Waals surface area contributed by atoms with Crippen molar-refractivity contribution in [2.75, 3.05) is 0 Å². The summed E-state index contributed by atoms with van der Waals surface area (Å²) in [5.74, 6) is 0. The number of aromatic nitrogens is 1. The van der Waals surface area contributed by atoms with E-state index >= 15 is 0 Å². The molecular weight excluding hydrogens is 241 g/mol. The number of alkyl halides is 5. The molecule has 0 fully saturated rings. The molecule has 0 aliphatic carbocycles. The Kier molecular flexibility index (Phi) is 3.18. The Hall–Kier alpha value is -0.910. The van der Waals surface area contributed by atoms with E-state index in [9.17, 15) is 22.0 Å². The van der Waals surface area contributed by atoms with Gasteiger partial charge in [-0.15, -0.1) is 0 Å². The third kappa shape index (κ3) is 2.56. The number of hydrogen-bond donors (Lipinski definition) is 0. The van der Waals surface area contributed by atoms with Crippen molar-refractivity contribution in [1.82, 2.24) is 4.98 Å². The first-order valence-corrected chi connectivity index (χ1v) is 4.13. The van der Waals surface area contributed by atoms with E-state index in [0.29, 0.717) is 0 Å². The van der Waals surface area contributed by atoms with Crippen LogP contribution in [0.1, 0.15) is 23.4 Å². The molecule has 0 saturated heterocycles. The molecule has 0 N–H and O–H groups in total. The van der Waals surface area contributed by atoms with Crippen LogP contribution < -0.4 is 0 Å². The molecule has 0 bridgehead atoms. The van der Waals surface area contributed by atoms with Crippen LogP contribution in [0.5, 0.6) is 0 Å². The van der Waals surface area contributed by atoms with E-state index in [1.807, 2.05) is 0 Å². The number of hydrogen-bond acceptors (Lipinski definition) is 1. The fourth-order valence-corrected chi connectivity index (χ4v) is 1.19. The number of nitrogens with zero attached hydrogens (tertiary/aromatic N) is 1. The molecule has 1 heterocycles. The highest BCUT2D eigenvalue weighted by Gasteiger charge is 2.36. The fraction of sp³-hybridized carbons (Fsp3) is 0.375. The van der Waals surface area contributed by atoms with Gasteiger partial charge in [-0.05, 0) is 18.6 Å². The van der Waals surface area contributed by atoms with E-state index in [1.165, 1.54) is 0 Å². The van der Waals surface area contributed by atoms with Gasteiger partial charge < -0.3 is 0 Å². The SMILES string of the molecule is Cc1c(Cl)cc(C(F)F)nc1C(F)(F)F. The Balaban J connectivity index is 3.38. The van der Waals surface area contributed by atoms with Gasteiger partial charge in [0.2, 0.25) is 0 Å². The highest BCUT2D eigenvalue weighted by atomic mass is 35.5. The monoisotopic (exact) mass is 245 g/mol. The lowest BCUT2D eigenvalue weighted by molar-refractivity contribution is -0.141. The first-order chi connectivity index (χ1) is 6.73. The van der Waals surface area contributed by atoms with Crippen LogP contribution >= 0.6 is 11.6 Å². The highest BCUT2D eigenvalue weighted by molar-refractivity contribution is 6.31. The lowest BCUT2D eigenvalue weighted by atomic mass is 10.2. The lowest BCUT2D eigenvalue weighted by Crippen LogP contribution is -2.12. The van der Waals surface area contributed by atoms with Crippen molar-refractivity contribution >= 4 is 11.6 Å². The van der Waals surface area contributed by atoms with E-state index in [4.69, 9.17) is 11.6 Å². The Morgan fingerprint density at radius 2 is 1.87 bits per heavy atom. The lowest BCUT2D eigenvalue weighted by Gasteiger charge is -2.12. The molecule has 0 aromatic carbocycles. The van der Waals surface area contributed by atoms with Gasteiger partial charge in [-0.1, -0.05) is 11.6 Å². The van der Waals surface area contributed by atoms with Crippen LogP contribution in [0.2, 0.25) is 5.02 Å². The molecular formula is C8H5ClF5N. The van der Waals surface area contributed by atoms with Gasteiger partial charge in [0.05, 0.1) is 0 Å². The second-order valence-corrected chi connectivity index (χ2v) is 3.21. The van der Waals surface area contributed by atoms with Crippen LogP contribution in [0.25, 0.3) is 0 Å². The molecule has 1 nitrogen and oxygen atoms in total. The van der Waals surface area contributed by atoms with Gasteiger partial charge in [0.1, 0.15) is 11.4 Å². The molecule has 0 unspecified atom stereocenters. The first-order valence-electron chi connectivity index (χ1n) is 3.76. The van der Waals surface area contributed by atoms with E-state index < -0.39 is 24.0 Å². The molecule has 0 saturated carbocycles. The molecule has 1 aromatic rings. The van der Waals surface area contributed by atoms with E-state index in [2.05, 4.69) is 4.98 Å². The highest BCUT2D eigenvalue weighted by Crippen LogP contribution is 2.35. The number of pyridine rings is 1. The maximum atomic E-state index is 12.3. The third-order valence-corrected chi connectivity index (χ3v) is 2.11. The third-order valence-electron chi connectivity index (χ3n) is 1.72. The van der Waals surface area contributed by atoms with Gasteiger partial charge in [-0.3, -0.25) is 0 Å². The maximum absolute atomic E-state index is 12.3. The second kappa shape index (κ2) is 3.92. The maximum Gasteiger partial charge on any atom is 0.433 e. The van der Waals surface area contributed by atoms with Gasteiger partial charge in [0, 0.05) is 5.02 Å². The fourth-order valence-electron chi connectivity index (χ4n) is 0.984. The molecule has 1 rings (SSSR count). The van der Waals surface area contributed by atoms with Crippen LogP contribution in [0, 0.1) is 6.92 Å². The van der Waals surface area contributed by atoms with Crippen molar-refractivity contribution in [3.05, 3.63) is 28.0 Å². The summed E-state index contributed by atoms with van der Waals surface area (Å²) in [6, 6.07) is 0.733. The van der Waals surface area contributed by atoms with Gasteiger partial charge >= 0.3 is 6.18 Å². The summed E-state index contributed by atoms with van der Waals surface area (Å²) in [5.41, 5.74) is -2.70. The minimum atomic E-state index is -4.78. The number of rotatable bonds is 1. The van der Waals surface area contributed by atoms with Crippen LogP contribution in [0.4, 0.5) is 22.0 Å². The minimum absolute atomic E-state index is 0.353. The van der Waals surface area contributed by atoms with Crippen molar-refractivity contribution in [3.8, 4) is 0 Å². The minimum Gasteiger partial charge on any atom is -0.242 e. The zero-order chi connectivity index (χ0) is 11.8. The van der Waals surface area contributed by atoms with Crippen LogP contribution in [-0.2, 0) is 6.18 Å². The first kappa shape index (κ1) is 12.2. The summed E-state index contributed by atoms with van der Waals surface area (Å²) in [7, 11) is 0. The molecule has 0 atom stereocenters. The molecule has 0 aliphatic rings. The molecule has 7 heteroatoms. The smallest absolute Gasteiger partial charge is 0.242 e. The number of halogens is 6. The average Bonchev–Trinajstić information content (AvgIpc) is 2.06. The van der Waals surface area contributed by atoms with E-state index in [0.717, 1.165) is 13.0 Å². The van der Waals surface area contributed by atoms with Gasteiger partial charge in [-0.25, -0.2) is 13.8 Å². The summed E-state index contributed by atoms with van der Waals surface area (Å²) in [5, 5.41) is -0.368. The van der Waals surface area contributed by atoms with Crippen LogP contribution in [0.3, 0.4) is 0 Å². The summed E-state index contributed by atoms with van der Waals surface area (Å²) in [6.07, 6.45) is -7.86. The van der Waals surface area contributed by atoms with Crippen molar-refractivity contribution in [2.24, 2.45) is 0 Å².